The van der Waals surface area contributed by atoms with Crippen molar-refractivity contribution >= 4 is 29.1 Å². The van der Waals surface area contributed by atoms with Gasteiger partial charge >= 0.3 is 0 Å². The van der Waals surface area contributed by atoms with Gasteiger partial charge in [-0.15, -0.1) is 0 Å². The second-order valence-corrected chi connectivity index (χ2v) is 7.65. The normalized spacial score (nSPS) is 24.2. The molecule has 2 aliphatic rings. The van der Waals surface area contributed by atoms with Crippen molar-refractivity contribution < 1.29 is 18.8 Å². The highest BCUT2D eigenvalue weighted by Gasteiger charge is 2.49. The van der Waals surface area contributed by atoms with Crippen LogP contribution in [0.5, 0.6) is 0 Å². The number of carbonyl (C=O) groups is 3. The predicted molar refractivity (Wildman–Crippen MR) is 103 cm³/mol. The summed E-state index contributed by atoms with van der Waals surface area (Å²) in [4.78, 5) is 39.1. The summed E-state index contributed by atoms with van der Waals surface area (Å²) in [5.41, 5.74) is 1.37. The van der Waals surface area contributed by atoms with Gasteiger partial charge in [0, 0.05) is 11.3 Å². The summed E-state index contributed by atoms with van der Waals surface area (Å²) in [7, 11) is 0. The molecule has 2 fully saturated rings. The maximum absolute atomic E-state index is 13.0. The van der Waals surface area contributed by atoms with Crippen molar-refractivity contribution in [3.05, 3.63) is 59.9 Å². The Labute approximate surface area is 162 Å². The highest BCUT2D eigenvalue weighted by molar-refractivity contribution is 6.22. The van der Waals surface area contributed by atoms with Crippen LogP contribution < -0.4 is 10.2 Å². The van der Waals surface area contributed by atoms with E-state index in [1.54, 1.807) is 24.3 Å². The molecular weight excluding hydrogens is 359 g/mol. The van der Waals surface area contributed by atoms with Crippen molar-refractivity contribution in [3.8, 4) is 0 Å². The largest absolute Gasteiger partial charge is 0.322 e. The standard InChI is InChI=1S/C22H21FN2O3/c1-13-2-11-18-19(12-13)22(28)25(21(18)27)17-9-3-14(4-10-17)20(26)24-16-7-5-15(23)6-8-16/h3-10,13,18-19H,2,11-12H2,1H3,(H,24,26)/t13-,18+,19-/m0/s1. The molecule has 0 unspecified atom stereocenters. The first-order chi connectivity index (χ1) is 13.4. The number of nitrogens with one attached hydrogen (secondary N) is 1. The van der Waals surface area contributed by atoms with Crippen LogP contribution in [0.3, 0.4) is 0 Å². The number of hydrogen-bond acceptors (Lipinski definition) is 3. The zero-order valence-electron chi connectivity index (χ0n) is 15.5. The maximum Gasteiger partial charge on any atom is 0.255 e. The third-order valence-corrected chi connectivity index (χ3v) is 5.68. The molecule has 1 saturated heterocycles. The van der Waals surface area contributed by atoms with E-state index < -0.39 is 0 Å². The lowest BCUT2D eigenvalue weighted by Crippen LogP contribution is -2.30. The zero-order valence-corrected chi connectivity index (χ0v) is 15.5. The summed E-state index contributed by atoms with van der Waals surface area (Å²) in [6.07, 6.45) is 2.48. The van der Waals surface area contributed by atoms with Crippen molar-refractivity contribution in [3.63, 3.8) is 0 Å². The second-order valence-electron chi connectivity index (χ2n) is 7.65. The van der Waals surface area contributed by atoms with E-state index in [-0.39, 0.29) is 35.4 Å². The topological polar surface area (TPSA) is 66.5 Å². The summed E-state index contributed by atoms with van der Waals surface area (Å²) in [6.45, 7) is 2.12. The van der Waals surface area contributed by atoms with E-state index in [1.165, 1.54) is 29.2 Å². The minimum absolute atomic E-state index is 0.134. The molecule has 4 rings (SSSR count). The molecule has 1 heterocycles. The van der Waals surface area contributed by atoms with Crippen LogP contribution in [0.2, 0.25) is 0 Å². The smallest absolute Gasteiger partial charge is 0.255 e. The average molecular weight is 380 g/mol. The van der Waals surface area contributed by atoms with Gasteiger partial charge in [0.15, 0.2) is 0 Å². The Hall–Kier alpha value is -3.02. The Morgan fingerprint density at radius 1 is 0.964 bits per heavy atom. The van der Waals surface area contributed by atoms with Gasteiger partial charge in [0.1, 0.15) is 5.82 Å². The fourth-order valence-electron chi connectivity index (χ4n) is 4.14. The van der Waals surface area contributed by atoms with Crippen LogP contribution in [-0.4, -0.2) is 17.7 Å². The molecule has 3 atom stereocenters. The van der Waals surface area contributed by atoms with Crippen molar-refractivity contribution in [2.75, 3.05) is 10.2 Å². The Balaban J connectivity index is 1.50. The number of benzene rings is 2. The number of hydrogen-bond donors (Lipinski definition) is 1. The van der Waals surface area contributed by atoms with Crippen LogP contribution in [0.15, 0.2) is 48.5 Å². The maximum atomic E-state index is 13.0. The van der Waals surface area contributed by atoms with E-state index >= 15 is 0 Å². The molecule has 6 heteroatoms. The van der Waals surface area contributed by atoms with Gasteiger partial charge in [0.2, 0.25) is 11.8 Å². The molecular formula is C22H21FN2O3. The molecule has 2 aromatic carbocycles. The van der Waals surface area contributed by atoms with E-state index in [9.17, 15) is 18.8 Å². The first-order valence-electron chi connectivity index (χ1n) is 9.49. The Morgan fingerprint density at radius 3 is 2.29 bits per heavy atom. The molecule has 0 bridgehead atoms. The lowest BCUT2D eigenvalue weighted by Gasteiger charge is -2.25. The van der Waals surface area contributed by atoms with Gasteiger partial charge in [-0.3, -0.25) is 19.3 Å². The van der Waals surface area contributed by atoms with Gasteiger partial charge in [-0.1, -0.05) is 6.92 Å². The molecule has 144 valence electrons. The third kappa shape index (κ3) is 3.30. The Morgan fingerprint density at radius 2 is 1.61 bits per heavy atom. The van der Waals surface area contributed by atoms with Crippen LogP contribution in [0, 0.1) is 23.6 Å². The summed E-state index contributed by atoms with van der Waals surface area (Å²) >= 11 is 0. The Kier molecular flexibility index (Phi) is 4.71. The number of carbonyl (C=O) groups excluding carboxylic acids is 3. The van der Waals surface area contributed by atoms with E-state index in [0.29, 0.717) is 22.9 Å². The first-order valence-corrected chi connectivity index (χ1v) is 9.49. The highest BCUT2D eigenvalue weighted by atomic mass is 19.1. The minimum atomic E-state index is -0.378. The van der Waals surface area contributed by atoms with Crippen LogP contribution >= 0.6 is 0 Å². The molecule has 28 heavy (non-hydrogen) atoms. The van der Waals surface area contributed by atoms with Gasteiger partial charge in [0.25, 0.3) is 5.91 Å². The average Bonchev–Trinajstić information content (AvgIpc) is 2.93. The van der Waals surface area contributed by atoms with Crippen LogP contribution in [0.4, 0.5) is 15.8 Å². The monoisotopic (exact) mass is 380 g/mol. The minimum Gasteiger partial charge on any atom is -0.322 e. The summed E-state index contributed by atoms with van der Waals surface area (Å²) in [5.74, 6) is -0.981. The van der Waals surface area contributed by atoms with Crippen LogP contribution in [0.25, 0.3) is 0 Å². The van der Waals surface area contributed by atoms with E-state index in [1.807, 2.05) is 0 Å². The van der Waals surface area contributed by atoms with Gasteiger partial charge in [0.05, 0.1) is 17.5 Å². The number of fused-ring (bicyclic) bond motifs is 1. The molecule has 1 aliphatic heterocycles. The van der Waals surface area contributed by atoms with Crippen molar-refractivity contribution in [2.45, 2.75) is 26.2 Å². The quantitative estimate of drug-likeness (QED) is 0.819. The first kappa shape index (κ1) is 18.3. The lowest BCUT2D eigenvalue weighted by atomic mass is 9.76. The molecule has 1 saturated carbocycles. The van der Waals surface area contributed by atoms with Gasteiger partial charge in [-0.05, 0) is 73.7 Å². The third-order valence-electron chi connectivity index (χ3n) is 5.68. The van der Waals surface area contributed by atoms with Crippen molar-refractivity contribution in [1.82, 2.24) is 0 Å². The summed E-state index contributed by atoms with van der Waals surface area (Å²) in [6, 6.07) is 11.9. The molecule has 1 N–H and O–H groups in total. The molecule has 0 aromatic heterocycles. The van der Waals surface area contributed by atoms with Gasteiger partial charge in [-0.25, -0.2) is 4.39 Å². The van der Waals surface area contributed by atoms with Gasteiger partial charge in [-0.2, -0.15) is 0 Å². The van der Waals surface area contributed by atoms with Gasteiger partial charge < -0.3 is 5.32 Å². The summed E-state index contributed by atoms with van der Waals surface area (Å²) < 4.78 is 13.0. The van der Waals surface area contributed by atoms with Crippen molar-refractivity contribution in [1.29, 1.82) is 0 Å². The zero-order chi connectivity index (χ0) is 19.8. The van der Waals surface area contributed by atoms with E-state index in [4.69, 9.17) is 0 Å². The fourth-order valence-corrected chi connectivity index (χ4v) is 4.14. The predicted octanol–water partition coefficient (Wildman–Crippen LogP) is 4.00. The molecule has 5 nitrogen and oxygen atoms in total. The molecule has 1 aliphatic carbocycles. The number of amides is 3. The molecule has 0 radical (unpaired) electrons. The van der Waals surface area contributed by atoms with Crippen LogP contribution in [-0.2, 0) is 9.59 Å². The number of halogens is 1. The van der Waals surface area contributed by atoms with E-state index in [0.717, 1.165) is 19.3 Å². The highest BCUT2D eigenvalue weighted by Crippen LogP contribution is 2.42. The fraction of sp³-hybridized carbons (Fsp3) is 0.318. The molecule has 0 spiro atoms. The SMILES string of the molecule is C[C@H]1CC[C@H]2C(=O)N(c3ccc(C(=O)Nc4ccc(F)cc4)cc3)C(=O)[C@H]2C1. The molecule has 2 aromatic rings. The summed E-state index contributed by atoms with van der Waals surface area (Å²) in [5, 5.41) is 2.68. The van der Waals surface area contributed by atoms with Crippen LogP contribution in [0.1, 0.15) is 36.5 Å². The molecule has 3 amide bonds. The lowest BCUT2D eigenvalue weighted by molar-refractivity contribution is -0.122. The van der Waals surface area contributed by atoms with E-state index in [2.05, 4.69) is 12.2 Å². The van der Waals surface area contributed by atoms with Crippen molar-refractivity contribution in [2.24, 2.45) is 17.8 Å². The number of imide groups is 1. The number of rotatable bonds is 3. The number of nitrogens with zero attached hydrogens (tertiary/aromatic N) is 1. The number of anilines is 2. The second kappa shape index (κ2) is 7.19. The Bertz CT molecular complexity index is 924.